The number of fused-ring (bicyclic) bond motifs is 1. The average Bonchev–Trinajstić information content (AvgIpc) is 2.88. The minimum Gasteiger partial charge on any atom is -0.356 e. The maximum Gasteiger partial charge on any atom is 0.179 e. The lowest BCUT2D eigenvalue weighted by atomic mass is 10.2. The first-order chi connectivity index (χ1) is 10.8. The number of nitrogens with one attached hydrogen (secondary N) is 1. The van der Waals surface area contributed by atoms with Gasteiger partial charge in [-0.2, -0.15) is 0 Å². The zero-order valence-corrected chi connectivity index (χ0v) is 13.4. The molecule has 1 aliphatic carbocycles. The summed E-state index contributed by atoms with van der Waals surface area (Å²) in [6, 6.07) is 0. The Kier molecular flexibility index (Phi) is 5.87. The highest BCUT2D eigenvalue weighted by Crippen LogP contribution is 2.30. The predicted octanol–water partition coefficient (Wildman–Crippen LogP) is 3.70. The van der Waals surface area contributed by atoms with E-state index in [1.165, 1.54) is 37.3 Å². The third kappa shape index (κ3) is 3.43. The van der Waals surface area contributed by atoms with Gasteiger partial charge in [0.05, 0.1) is 5.71 Å². The topological polar surface area (TPSA) is 52.9 Å². The highest BCUT2D eigenvalue weighted by molar-refractivity contribution is 6.03. The van der Waals surface area contributed by atoms with E-state index in [1.54, 1.807) is 0 Å². The fraction of sp³-hybridized carbons (Fsp3) is 0.500. The maximum atomic E-state index is 7.93. The number of aromatic nitrogens is 2. The van der Waals surface area contributed by atoms with Crippen molar-refractivity contribution in [3.8, 4) is 0 Å². The molecule has 1 aromatic rings. The number of rotatable bonds is 3. The zero-order chi connectivity index (χ0) is 15.9. The zero-order valence-electron chi connectivity index (χ0n) is 13.4. The Labute approximate surface area is 133 Å². The molecule has 0 bridgehead atoms. The van der Waals surface area contributed by atoms with Crippen molar-refractivity contribution in [2.24, 2.45) is 0 Å². The Morgan fingerprint density at radius 1 is 1.00 bits per heavy atom. The standard InChI is InChI=1S/C16H22N4.C2H4/c1-2-13(17)15-18-14-9-7-8-12(14)16(19-15)20-10-5-3-4-6-11-20;1-2/h2,17H,1,3-11H2;1-2H2. The van der Waals surface area contributed by atoms with E-state index < -0.39 is 0 Å². The van der Waals surface area contributed by atoms with Crippen molar-refractivity contribution in [3.05, 3.63) is 42.9 Å². The van der Waals surface area contributed by atoms with Crippen LogP contribution in [0.25, 0.3) is 0 Å². The summed E-state index contributed by atoms with van der Waals surface area (Å²) in [5.74, 6) is 1.64. The van der Waals surface area contributed by atoms with Crippen LogP contribution in [0, 0.1) is 5.41 Å². The van der Waals surface area contributed by atoms with Crippen molar-refractivity contribution in [2.45, 2.75) is 44.9 Å². The Bertz CT molecular complexity index is 542. The molecule has 2 aliphatic rings. The first-order valence-electron chi connectivity index (χ1n) is 8.15. The molecule has 1 saturated heterocycles. The number of nitrogens with zero attached hydrogens (tertiary/aromatic N) is 3. The molecule has 1 aromatic heterocycles. The van der Waals surface area contributed by atoms with Crippen LogP contribution in [0.5, 0.6) is 0 Å². The van der Waals surface area contributed by atoms with Crippen LogP contribution in [-0.4, -0.2) is 28.8 Å². The summed E-state index contributed by atoms with van der Waals surface area (Å²) in [6.07, 6.45) is 9.93. The van der Waals surface area contributed by atoms with Crippen LogP contribution in [0.4, 0.5) is 5.82 Å². The highest BCUT2D eigenvalue weighted by Gasteiger charge is 2.24. The van der Waals surface area contributed by atoms with Crippen molar-refractivity contribution < 1.29 is 0 Å². The van der Waals surface area contributed by atoms with E-state index in [9.17, 15) is 0 Å². The van der Waals surface area contributed by atoms with Crippen molar-refractivity contribution in [1.82, 2.24) is 9.97 Å². The van der Waals surface area contributed by atoms with E-state index in [4.69, 9.17) is 10.4 Å². The maximum absolute atomic E-state index is 7.93. The normalized spacial score (nSPS) is 17.0. The second-order valence-corrected chi connectivity index (χ2v) is 5.67. The molecule has 1 aliphatic heterocycles. The van der Waals surface area contributed by atoms with E-state index in [0.717, 1.165) is 43.9 Å². The summed E-state index contributed by atoms with van der Waals surface area (Å²) in [4.78, 5) is 11.7. The smallest absolute Gasteiger partial charge is 0.179 e. The van der Waals surface area contributed by atoms with Gasteiger partial charge in [0, 0.05) is 24.3 Å². The van der Waals surface area contributed by atoms with E-state index in [-0.39, 0.29) is 0 Å². The molecule has 118 valence electrons. The molecule has 0 amide bonds. The Balaban J connectivity index is 0.000000847. The molecule has 3 rings (SSSR count). The van der Waals surface area contributed by atoms with E-state index in [0.29, 0.717) is 11.5 Å². The van der Waals surface area contributed by atoms with Crippen molar-refractivity contribution in [3.63, 3.8) is 0 Å². The lowest BCUT2D eigenvalue weighted by Crippen LogP contribution is -2.27. The fourth-order valence-corrected chi connectivity index (χ4v) is 3.17. The molecule has 0 unspecified atom stereocenters. The fourth-order valence-electron chi connectivity index (χ4n) is 3.17. The van der Waals surface area contributed by atoms with Crippen molar-refractivity contribution in [2.75, 3.05) is 18.0 Å². The third-order valence-corrected chi connectivity index (χ3v) is 4.26. The van der Waals surface area contributed by atoms with Gasteiger partial charge in [0.2, 0.25) is 0 Å². The second-order valence-electron chi connectivity index (χ2n) is 5.67. The molecule has 1 fully saturated rings. The molecule has 4 nitrogen and oxygen atoms in total. The molecular formula is C18H26N4. The lowest BCUT2D eigenvalue weighted by molar-refractivity contribution is 0.726. The minimum atomic E-state index is 0.329. The van der Waals surface area contributed by atoms with Gasteiger partial charge < -0.3 is 4.90 Å². The number of hydrogen-bond donors (Lipinski definition) is 1. The molecule has 0 atom stereocenters. The molecule has 0 saturated carbocycles. The predicted molar refractivity (Wildman–Crippen MR) is 93.0 cm³/mol. The number of anilines is 1. The second kappa shape index (κ2) is 7.87. The largest absolute Gasteiger partial charge is 0.356 e. The third-order valence-electron chi connectivity index (χ3n) is 4.26. The molecule has 22 heavy (non-hydrogen) atoms. The van der Waals surface area contributed by atoms with Crippen molar-refractivity contribution >= 4 is 11.5 Å². The van der Waals surface area contributed by atoms with Gasteiger partial charge >= 0.3 is 0 Å². The molecule has 4 heteroatoms. The minimum absolute atomic E-state index is 0.329. The van der Waals surface area contributed by atoms with E-state index in [2.05, 4.69) is 29.6 Å². The van der Waals surface area contributed by atoms with Crippen molar-refractivity contribution in [1.29, 1.82) is 5.41 Å². The van der Waals surface area contributed by atoms with Gasteiger partial charge in [0.1, 0.15) is 5.82 Å². The average molecular weight is 298 g/mol. The summed E-state index contributed by atoms with van der Waals surface area (Å²) in [7, 11) is 0. The van der Waals surface area contributed by atoms with Crippen LogP contribution in [0.1, 0.15) is 49.2 Å². The van der Waals surface area contributed by atoms with Gasteiger partial charge in [-0.25, -0.2) is 9.97 Å². The first kappa shape index (κ1) is 16.4. The Morgan fingerprint density at radius 2 is 1.68 bits per heavy atom. The lowest BCUT2D eigenvalue weighted by Gasteiger charge is -2.24. The molecular weight excluding hydrogens is 272 g/mol. The Morgan fingerprint density at radius 3 is 2.32 bits per heavy atom. The SMILES string of the molecule is C=C.C=CC(=N)c1nc2c(c(N3CCCCCC3)n1)CCC2. The Hall–Kier alpha value is -1.97. The van der Waals surface area contributed by atoms with Gasteiger partial charge in [-0.1, -0.05) is 19.4 Å². The van der Waals surface area contributed by atoms with E-state index in [1.807, 2.05) is 0 Å². The number of hydrogen-bond acceptors (Lipinski definition) is 4. The summed E-state index contributed by atoms with van der Waals surface area (Å²) >= 11 is 0. The van der Waals surface area contributed by atoms with Gasteiger partial charge in [-0.05, 0) is 38.2 Å². The van der Waals surface area contributed by atoms with E-state index >= 15 is 0 Å². The van der Waals surface area contributed by atoms with Crippen LogP contribution >= 0.6 is 0 Å². The van der Waals surface area contributed by atoms with Crippen LogP contribution < -0.4 is 4.90 Å². The summed E-state index contributed by atoms with van der Waals surface area (Å²) < 4.78 is 0. The summed E-state index contributed by atoms with van der Waals surface area (Å²) in [5, 5.41) is 7.93. The molecule has 2 heterocycles. The van der Waals surface area contributed by atoms with Gasteiger partial charge in [0.15, 0.2) is 5.82 Å². The number of aryl methyl sites for hydroxylation is 1. The van der Waals surface area contributed by atoms with Crippen LogP contribution in [-0.2, 0) is 12.8 Å². The highest BCUT2D eigenvalue weighted by atomic mass is 15.2. The quantitative estimate of drug-likeness (QED) is 0.684. The van der Waals surface area contributed by atoms with Crippen LogP contribution in [0.2, 0.25) is 0 Å². The van der Waals surface area contributed by atoms with Gasteiger partial charge in [-0.15, -0.1) is 13.2 Å². The summed E-state index contributed by atoms with van der Waals surface area (Å²) in [6.45, 7) is 11.8. The first-order valence-corrected chi connectivity index (χ1v) is 8.15. The van der Waals surface area contributed by atoms with Gasteiger partial charge in [-0.3, -0.25) is 5.41 Å². The number of allylic oxidation sites excluding steroid dienone is 1. The van der Waals surface area contributed by atoms with Crippen LogP contribution in [0.3, 0.4) is 0 Å². The molecule has 0 radical (unpaired) electrons. The van der Waals surface area contributed by atoms with Gasteiger partial charge in [0.25, 0.3) is 0 Å². The van der Waals surface area contributed by atoms with Crippen LogP contribution in [0.15, 0.2) is 25.8 Å². The molecule has 0 aromatic carbocycles. The molecule has 0 spiro atoms. The monoisotopic (exact) mass is 298 g/mol. The summed E-state index contributed by atoms with van der Waals surface area (Å²) in [5.41, 5.74) is 2.81. The molecule has 1 N–H and O–H groups in total.